The normalized spacial score (nSPS) is 21.9. The topological polar surface area (TPSA) is 184 Å². The van der Waals surface area contributed by atoms with Crippen molar-refractivity contribution in [3.63, 3.8) is 0 Å². The molecule has 39 heavy (non-hydrogen) atoms. The first-order valence-electron chi connectivity index (χ1n) is 12.2. The first-order chi connectivity index (χ1) is 17.9. The number of ether oxygens (including phenoxy) is 5. The minimum Gasteiger partial charge on any atom is -0.462 e. The Labute approximate surface area is 227 Å². The van der Waals surface area contributed by atoms with Gasteiger partial charge in [0.2, 0.25) is 6.04 Å². The first-order valence-corrected chi connectivity index (χ1v) is 15.6. The van der Waals surface area contributed by atoms with E-state index >= 15 is 0 Å². The third kappa shape index (κ3) is 11.5. The maximum atomic E-state index is 12.3. The lowest BCUT2D eigenvalue weighted by Gasteiger charge is -2.41. The Bertz CT molecular complexity index is 960. The van der Waals surface area contributed by atoms with Crippen molar-refractivity contribution in [1.82, 2.24) is 0 Å². The van der Waals surface area contributed by atoms with E-state index in [1.165, 1.54) is 0 Å². The lowest BCUT2D eigenvalue weighted by atomic mass is 9.79. The highest BCUT2D eigenvalue weighted by Gasteiger charge is 2.54. The second-order valence-electron chi connectivity index (χ2n) is 9.97. The summed E-state index contributed by atoms with van der Waals surface area (Å²) in [5.74, 6) is -5.45. The van der Waals surface area contributed by atoms with E-state index in [9.17, 15) is 34.1 Å². The SMILES string of the molecule is CC(=O)OC[C@@H](OC(C)=O)[C@@H](OC(C)=O)[C@H](OC(C)=O)C(OC(C)=O)[C@H]1CC=C[C@@H](O[Si](C)(C)C)[C@@H]1[N+](=O)[O-]. The fourth-order valence-electron chi connectivity index (χ4n) is 4.25. The van der Waals surface area contributed by atoms with Crippen LogP contribution < -0.4 is 0 Å². The van der Waals surface area contributed by atoms with E-state index in [2.05, 4.69) is 0 Å². The van der Waals surface area contributed by atoms with Crippen LogP contribution in [-0.2, 0) is 52.1 Å². The van der Waals surface area contributed by atoms with Gasteiger partial charge in [0.1, 0.15) is 12.7 Å². The van der Waals surface area contributed by atoms with Crippen LogP contribution in [0, 0.1) is 16.0 Å². The number of allylic oxidation sites excluding steroid dienone is 1. The van der Waals surface area contributed by atoms with Gasteiger partial charge in [0, 0.05) is 39.5 Å². The van der Waals surface area contributed by atoms with E-state index in [1.807, 2.05) is 19.6 Å². The predicted molar refractivity (Wildman–Crippen MR) is 135 cm³/mol. The molecule has 0 amide bonds. The summed E-state index contributed by atoms with van der Waals surface area (Å²) >= 11 is 0. The molecule has 0 aromatic carbocycles. The van der Waals surface area contributed by atoms with Gasteiger partial charge >= 0.3 is 29.8 Å². The van der Waals surface area contributed by atoms with Crippen molar-refractivity contribution >= 4 is 38.2 Å². The Morgan fingerprint density at radius 2 is 1.36 bits per heavy atom. The van der Waals surface area contributed by atoms with Gasteiger partial charge in [-0.3, -0.25) is 34.1 Å². The summed E-state index contributed by atoms with van der Waals surface area (Å²) in [7, 11) is -2.31. The Morgan fingerprint density at radius 3 is 1.79 bits per heavy atom. The molecule has 0 spiro atoms. The summed E-state index contributed by atoms with van der Waals surface area (Å²) in [5.41, 5.74) is 0. The number of esters is 5. The number of hydrogen-bond acceptors (Lipinski definition) is 13. The van der Waals surface area contributed by atoms with Gasteiger partial charge in [-0.05, 0) is 26.1 Å². The molecule has 0 bridgehead atoms. The molecule has 1 aliphatic rings. The molecule has 0 N–H and O–H groups in total. The van der Waals surface area contributed by atoms with Gasteiger partial charge < -0.3 is 28.1 Å². The standard InChI is InChI=1S/C24H37NO13Si/c1-13(26)33-12-20(34-14(2)27)23(36-16(4)29)24(37-17(5)30)22(35-15(3)28)18-10-9-11-19(21(18)25(31)32)38-39(6,7)8/h9,11,18-24H,10,12H2,1-8H3/t18-,19+,20+,21+,22?,23+,24+/m0/s1. The van der Waals surface area contributed by atoms with Crippen molar-refractivity contribution in [2.24, 2.45) is 5.92 Å². The molecule has 0 radical (unpaired) electrons. The highest BCUT2D eigenvalue weighted by Crippen LogP contribution is 2.34. The van der Waals surface area contributed by atoms with Crippen LogP contribution in [0.25, 0.3) is 0 Å². The lowest BCUT2D eigenvalue weighted by Crippen LogP contribution is -2.59. The third-order valence-corrected chi connectivity index (χ3v) is 6.33. The summed E-state index contributed by atoms with van der Waals surface area (Å²) < 4.78 is 32.6. The van der Waals surface area contributed by atoms with Crippen LogP contribution >= 0.6 is 0 Å². The van der Waals surface area contributed by atoms with Crippen molar-refractivity contribution in [3.8, 4) is 0 Å². The molecule has 0 aliphatic heterocycles. The van der Waals surface area contributed by atoms with E-state index < -0.39 is 92.2 Å². The molecule has 0 fully saturated rings. The monoisotopic (exact) mass is 575 g/mol. The number of nitrogens with zero attached hydrogens (tertiary/aromatic N) is 1. The number of nitro groups is 1. The minimum atomic E-state index is -2.31. The summed E-state index contributed by atoms with van der Waals surface area (Å²) in [6.45, 7) is 10.2. The van der Waals surface area contributed by atoms with Gasteiger partial charge in [-0.1, -0.05) is 12.2 Å². The molecule has 1 unspecified atom stereocenters. The average molecular weight is 576 g/mol. The summed E-state index contributed by atoms with van der Waals surface area (Å²) in [4.78, 5) is 71.8. The summed E-state index contributed by atoms with van der Waals surface area (Å²) in [6, 6.07) is -1.46. The van der Waals surface area contributed by atoms with Crippen molar-refractivity contribution < 1.29 is 57.0 Å². The predicted octanol–water partition coefficient (Wildman–Crippen LogP) is 1.72. The van der Waals surface area contributed by atoms with Crippen molar-refractivity contribution in [3.05, 3.63) is 22.3 Å². The fraction of sp³-hybridized carbons (Fsp3) is 0.708. The molecule has 0 aromatic heterocycles. The maximum Gasteiger partial charge on any atom is 0.303 e. The van der Waals surface area contributed by atoms with Gasteiger partial charge in [0.25, 0.3) is 0 Å². The molecule has 0 saturated heterocycles. The molecule has 0 aromatic rings. The molecular weight excluding hydrogens is 538 g/mol. The van der Waals surface area contributed by atoms with Crippen LogP contribution in [0.2, 0.25) is 19.6 Å². The lowest BCUT2D eigenvalue weighted by molar-refractivity contribution is -0.544. The Kier molecular flexibility index (Phi) is 12.7. The molecule has 1 rings (SSSR count). The second kappa shape index (κ2) is 14.7. The zero-order valence-corrected chi connectivity index (χ0v) is 24.4. The smallest absolute Gasteiger partial charge is 0.303 e. The van der Waals surface area contributed by atoms with Gasteiger partial charge in [0.15, 0.2) is 32.7 Å². The quantitative estimate of drug-likeness (QED) is 0.0773. The largest absolute Gasteiger partial charge is 0.462 e. The number of carbonyl (C=O) groups excluding carboxylic acids is 5. The Hall–Kier alpha value is -3.33. The van der Waals surface area contributed by atoms with Crippen molar-refractivity contribution in [2.45, 2.75) is 97.2 Å². The van der Waals surface area contributed by atoms with E-state index in [-0.39, 0.29) is 6.42 Å². The van der Waals surface area contributed by atoms with Crippen molar-refractivity contribution in [1.29, 1.82) is 0 Å². The highest BCUT2D eigenvalue weighted by atomic mass is 28.4. The molecule has 0 saturated carbocycles. The zero-order chi connectivity index (χ0) is 30.1. The average Bonchev–Trinajstić information content (AvgIpc) is 2.75. The Balaban J connectivity index is 3.77. The van der Waals surface area contributed by atoms with E-state index in [0.717, 1.165) is 34.6 Å². The van der Waals surface area contributed by atoms with Gasteiger partial charge in [-0.25, -0.2) is 0 Å². The zero-order valence-electron chi connectivity index (χ0n) is 23.4. The van der Waals surface area contributed by atoms with E-state index in [0.29, 0.717) is 0 Å². The van der Waals surface area contributed by atoms with Crippen LogP contribution in [0.1, 0.15) is 41.0 Å². The van der Waals surface area contributed by atoms with Crippen molar-refractivity contribution in [2.75, 3.05) is 6.61 Å². The maximum absolute atomic E-state index is 12.3. The third-order valence-electron chi connectivity index (χ3n) is 5.35. The highest BCUT2D eigenvalue weighted by molar-refractivity contribution is 6.69. The Morgan fingerprint density at radius 1 is 0.846 bits per heavy atom. The van der Waals surface area contributed by atoms with Gasteiger partial charge in [-0.15, -0.1) is 0 Å². The van der Waals surface area contributed by atoms with Crippen LogP contribution in [0.3, 0.4) is 0 Å². The first kappa shape index (κ1) is 33.7. The van der Waals surface area contributed by atoms with Crippen LogP contribution in [-0.4, -0.2) is 86.3 Å². The molecule has 14 nitrogen and oxygen atoms in total. The molecule has 1 aliphatic carbocycles. The van der Waals surface area contributed by atoms with Crippen LogP contribution in [0.15, 0.2) is 12.2 Å². The van der Waals surface area contributed by atoms with Gasteiger partial charge in [-0.2, -0.15) is 0 Å². The van der Waals surface area contributed by atoms with Gasteiger partial charge in [0.05, 0.1) is 5.92 Å². The number of carbonyl (C=O) groups is 5. The number of rotatable bonds is 13. The van der Waals surface area contributed by atoms with Crippen LogP contribution in [0.4, 0.5) is 0 Å². The fourth-order valence-corrected chi connectivity index (χ4v) is 5.28. The second-order valence-corrected chi connectivity index (χ2v) is 14.4. The summed E-state index contributed by atoms with van der Waals surface area (Å²) in [6.07, 6.45) is -4.31. The molecule has 220 valence electrons. The van der Waals surface area contributed by atoms with E-state index in [1.54, 1.807) is 12.2 Å². The molecule has 15 heteroatoms. The summed E-state index contributed by atoms with van der Waals surface area (Å²) in [5, 5.41) is 12.3. The molecule has 0 heterocycles. The number of hydrogen-bond donors (Lipinski definition) is 0. The molecular formula is C24H37NO13Si. The van der Waals surface area contributed by atoms with E-state index in [4.69, 9.17) is 28.1 Å². The van der Waals surface area contributed by atoms with Crippen LogP contribution in [0.5, 0.6) is 0 Å². The minimum absolute atomic E-state index is 0.00187. The molecule has 7 atom stereocenters.